The average Bonchev–Trinajstić information content (AvgIpc) is 2.72. The molecule has 0 saturated heterocycles. The minimum atomic E-state index is -1.23. The third-order valence-electron chi connectivity index (χ3n) is 2.31. The van der Waals surface area contributed by atoms with Gasteiger partial charge in [0.1, 0.15) is 18.0 Å². The van der Waals surface area contributed by atoms with E-state index in [9.17, 15) is 13.6 Å². The number of rotatable bonds is 2. The number of imidazole rings is 1. The Labute approximate surface area is 95.1 Å². The Hall–Kier alpha value is -2.24. The molecule has 2 aromatic rings. The number of carbonyl (C=O) groups is 1. The number of benzene rings is 1. The first-order valence-corrected chi connectivity index (χ1v) is 4.72. The Bertz CT molecular complexity index is 593. The lowest BCUT2D eigenvalue weighted by atomic mass is 10.2. The Balaban J connectivity index is 2.52. The number of carboxylic acid groups (broad SMARTS) is 1. The summed E-state index contributed by atoms with van der Waals surface area (Å²) in [6.07, 6.45) is 2.24. The van der Waals surface area contributed by atoms with Gasteiger partial charge in [0, 0.05) is 12.3 Å². The Morgan fingerprint density at radius 3 is 2.65 bits per heavy atom. The van der Waals surface area contributed by atoms with E-state index in [-0.39, 0.29) is 16.9 Å². The predicted molar refractivity (Wildman–Crippen MR) is 55.2 cm³/mol. The predicted octanol–water partition coefficient (Wildman–Crippen LogP) is 2.16. The van der Waals surface area contributed by atoms with E-state index in [0.29, 0.717) is 0 Å². The largest absolute Gasteiger partial charge is 0.476 e. The van der Waals surface area contributed by atoms with Crippen LogP contribution in [0.25, 0.3) is 5.69 Å². The van der Waals surface area contributed by atoms with E-state index in [2.05, 4.69) is 4.98 Å². The van der Waals surface area contributed by atoms with Gasteiger partial charge in [-0.25, -0.2) is 18.6 Å². The van der Waals surface area contributed by atoms with Crippen LogP contribution in [0.3, 0.4) is 0 Å². The maximum Gasteiger partial charge on any atom is 0.356 e. The second-order valence-corrected chi connectivity index (χ2v) is 3.52. The highest BCUT2D eigenvalue weighted by Crippen LogP contribution is 2.18. The molecule has 88 valence electrons. The number of aromatic carboxylic acids is 1. The van der Waals surface area contributed by atoms with Crippen molar-refractivity contribution in [2.45, 2.75) is 6.92 Å². The van der Waals surface area contributed by atoms with Gasteiger partial charge in [-0.1, -0.05) is 0 Å². The fourth-order valence-electron chi connectivity index (χ4n) is 1.40. The molecule has 0 unspecified atom stereocenters. The number of hydrogen-bond donors (Lipinski definition) is 1. The quantitative estimate of drug-likeness (QED) is 0.872. The Morgan fingerprint density at radius 1 is 1.35 bits per heavy atom. The number of hydrogen-bond acceptors (Lipinski definition) is 2. The summed E-state index contributed by atoms with van der Waals surface area (Å²) in [4.78, 5) is 14.2. The van der Waals surface area contributed by atoms with Gasteiger partial charge in [-0.2, -0.15) is 0 Å². The summed E-state index contributed by atoms with van der Waals surface area (Å²) in [6.45, 7) is 1.44. The lowest BCUT2D eigenvalue weighted by Gasteiger charge is -2.05. The van der Waals surface area contributed by atoms with Gasteiger partial charge in [0.2, 0.25) is 0 Å². The van der Waals surface area contributed by atoms with Crippen LogP contribution in [0.5, 0.6) is 0 Å². The molecule has 0 aliphatic rings. The van der Waals surface area contributed by atoms with Crippen molar-refractivity contribution in [3.8, 4) is 5.69 Å². The van der Waals surface area contributed by atoms with Gasteiger partial charge < -0.3 is 9.67 Å². The van der Waals surface area contributed by atoms with Crippen molar-refractivity contribution in [2.75, 3.05) is 0 Å². The molecular formula is C11H8F2N2O2. The van der Waals surface area contributed by atoms with Crippen LogP contribution >= 0.6 is 0 Å². The van der Waals surface area contributed by atoms with Crippen LogP contribution in [0.1, 0.15) is 16.1 Å². The SMILES string of the molecule is Cc1cc(F)c(-n2cnc(C(=O)O)c2)cc1F. The number of halogens is 2. The van der Waals surface area contributed by atoms with Gasteiger partial charge in [0.25, 0.3) is 0 Å². The molecule has 1 aromatic carbocycles. The van der Waals surface area contributed by atoms with Gasteiger partial charge >= 0.3 is 5.97 Å². The summed E-state index contributed by atoms with van der Waals surface area (Å²) >= 11 is 0. The van der Waals surface area contributed by atoms with Gasteiger partial charge in [0.05, 0.1) is 5.69 Å². The third-order valence-corrected chi connectivity index (χ3v) is 2.31. The molecule has 0 saturated carbocycles. The van der Waals surface area contributed by atoms with Crippen molar-refractivity contribution in [3.05, 3.63) is 47.5 Å². The average molecular weight is 238 g/mol. The van der Waals surface area contributed by atoms with E-state index in [0.717, 1.165) is 29.2 Å². The molecule has 17 heavy (non-hydrogen) atoms. The summed E-state index contributed by atoms with van der Waals surface area (Å²) < 4.78 is 28.0. The molecule has 1 heterocycles. The molecule has 0 spiro atoms. The van der Waals surface area contributed by atoms with E-state index in [1.807, 2.05) is 0 Å². The van der Waals surface area contributed by atoms with Crippen LogP contribution in [0.4, 0.5) is 8.78 Å². The van der Waals surface area contributed by atoms with E-state index >= 15 is 0 Å². The summed E-state index contributed by atoms with van der Waals surface area (Å²) in [6, 6.07) is 2.04. The fourth-order valence-corrected chi connectivity index (χ4v) is 1.40. The second-order valence-electron chi connectivity index (χ2n) is 3.52. The van der Waals surface area contributed by atoms with Gasteiger partial charge in [-0.05, 0) is 18.6 Å². The van der Waals surface area contributed by atoms with Crippen LogP contribution in [0.15, 0.2) is 24.7 Å². The molecule has 0 fully saturated rings. The molecule has 1 aromatic heterocycles. The number of aromatic nitrogens is 2. The van der Waals surface area contributed by atoms with Crippen molar-refractivity contribution < 1.29 is 18.7 Å². The minimum Gasteiger partial charge on any atom is -0.476 e. The van der Waals surface area contributed by atoms with Crippen molar-refractivity contribution in [1.82, 2.24) is 9.55 Å². The number of carboxylic acids is 1. The molecule has 0 bridgehead atoms. The molecular weight excluding hydrogens is 230 g/mol. The maximum absolute atomic E-state index is 13.6. The lowest BCUT2D eigenvalue weighted by molar-refractivity contribution is 0.0691. The van der Waals surface area contributed by atoms with Crippen LogP contribution in [-0.4, -0.2) is 20.6 Å². The van der Waals surface area contributed by atoms with E-state index in [4.69, 9.17) is 5.11 Å². The van der Waals surface area contributed by atoms with Gasteiger partial charge in [-0.15, -0.1) is 0 Å². The zero-order valence-corrected chi connectivity index (χ0v) is 8.82. The highest BCUT2D eigenvalue weighted by molar-refractivity contribution is 5.85. The third kappa shape index (κ3) is 2.01. The van der Waals surface area contributed by atoms with E-state index in [1.54, 1.807) is 0 Å². The van der Waals surface area contributed by atoms with E-state index < -0.39 is 17.6 Å². The smallest absolute Gasteiger partial charge is 0.356 e. The first-order chi connectivity index (χ1) is 7.99. The highest BCUT2D eigenvalue weighted by atomic mass is 19.1. The molecule has 0 aliphatic heterocycles. The standard InChI is InChI=1S/C11H8F2N2O2/c1-6-2-8(13)10(3-7(6)12)15-4-9(11(16)17)14-5-15/h2-5H,1H3,(H,16,17). The van der Waals surface area contributed by atoms with Crippen LogP contribution in [-0.2, 0) is 0 Å². The minimum absolute atomic E-state index is 0.0758. The fraction of sp³-hybridized carbons (Fsp3) is 0.0909. The first kappa shape index (κ1) is 11.3. The zero-order valence-electron chi connectivity index (χ0n) is 8.82. The van der Waals surface area contributed by atoms with Crippen molar-refractivity contribution in [1.29, 1.82) is 0 Å². The van der Waals surface area contributed by atoms with Gasteiger partial charge in [-0.3, -0.25) is 0 Å². The van der Waals surface area contributed by atoms with Crippen LogP contribution in [0.2, 0.25) is 0 Å². The summed E-state index contributed by atoms with van der Waals surface area (Å²) in [5.74, 6) is -2.43. The van der Waals surface area contributed by atoms with Crippen molar-refractivity contribution in [3.63, 3.8) is 0 Å². The molecule has 0 aliphatic carbocycles. The summed E-state index contributed by atoms with van der Waals surface area (Å²) in [7, 11) is 0. The molecule has 0 amide bonds. The van der Waals surface area contributed by atoms with Crippen molar-refractivity contribution >= 4 is 5.97 Å². The summed E-state index contributed by atoms with van der Waals surface area (Å²) in [5, 5.41) is 8.67. The number of aryl methyl sites for hydroxylation is 1. The molecule has 0 atom stereocenters. The van der Waals surface area contributed by atoms with E-state index in [1.165, 1.54) is 6.92 Å². The Morgan fingerprint density at radius 2 is 2.06 bits per heavy atom. The monoisotopic (exact) mass is 238 g/mol. The highest BCUT2D eigenvalue weighted by Gasteiger charge is 2.12. The van der Waals surface area contributed by atoms with Crippen LogP contribution < -0.4 is 0 Å². The topological polar surface area (TPSA) is 55.1 Å². The first-order valence-electron chi connectivity index (χ1n) is 4.72. The van der Waals surface area contributed by atoms with Gasteiger partial charge in [0.15, 0.2) is 5.69 Å². The molecule has 6 heteroatoms. The number of nitrogens with zero attached hydrogens (tertiary/aromatic N) is 2. The van der Waals surface area contributed by atoms with Crippen molar-refractivity contribution in [2.24, 2.45) is 0 Å². The second kappa shape index (κ2) is 3.97. The molecule has 4 nitrogen and oxygen atoms in total. The molecule has 0 radical (unpaired) electrons. The zero-order chi connectivity index (χ0) is 12.6. The maximum atomic E-state index is 13.6. The lowest BCUT2D eigenvalue weighted by Crippen LogP contribution is -1.99. The Kier molecular flexibility index (Phi) is 2.63. The molecule has 2 rings (SSSR count). The molecule has 1 N–H and O–H groups in total. The summed E-state index contributed by atoms with van der Waals surface area (Å²) in [5.41, 5.74) is -0.122. The normalized spacial score (nSPS) is 10.5. The van der Waals surface area contributed by atoms with Crippen LogP contribution in [0, 0.1) is 18.6 Å².